The summed E-state index contributed by atoms with van der Waals surface area (Å²) < 4.78 is 39.2. The smallest absolute Gasteiger partial charge is 0.389 e. The Morgan fingerprint density at radius 2 is 2.10 bits per heavy atom. The molecule has 1 aliphatic heterocycles. The summed E-state index contributed by atoms with van der Waals surface area (Å²) in [6.45, 7) is 2.29. The van der Waals surface area contributed by atoms with Gasteiger partial charge in [0, 0.05) is 23.2 Å². The third-order valence-corrected chi connectivity index (χ3v) is 4.37. The maximum absolute atomic E-state index is 12.8. The van der Waals surface area contributed by atoms with E-state index in [1.807, 2.05) is 0 Å². The highest BCUT2D eigenvalue weighted by molar-refractivity contribution is 9.10. The lowest BCUT2D eigenvalue weighted by molar-refractivity contribution is -0.175. The molecule has 2 nitrogen and oxygen atoms in total. The molecule has 0 aromatic heterocycles. The first-order chi connectivity index (χ1) is 9.29. The van der Waals surface area contributed by atoms with E-state index in [9.17, 15) is 18.3 Å². The number of aliphatic hydroxyl groups is 1. The van der Waals surface area contributed by atoms with Crippen molar-refractivity contribution in [1.82, 2.24) is 0 Å². The predicted octanol–water partition coefficient (Wildman–Crippen LogP) is 4.28. The molecule has 1 fully saturated rings. The normalized spacial score (nSPS) is 21.9. The van der Waals surface area contributed by atoms with Gasteiger partial charge in [-0.05, 0) is 37.5 Å². The SMILES string of the molecule is C[C@@H](O)c1ccc(N2CCCC(C(F)(F)F)C2)cc1Br. The van der Waals surface area contributed by atoms with Crippen molar-refractivity contribution in [3.8, 4) is 0 Å². The zero-order chi connectivity index (χ0) is 14.9. The first kappa shape index (κ1) is 15.6. The fourth-order valence-corrected chi connectivity index (χ4v) is 3.23. The van der Waals surface area contributed by atoms with Crippen LogP contribution in [-0.2, 0) is 0 Å². The molecule has 0 amide bonds. The second-order valence-corrected chi connectivity index (χ2v) is 6.06. The molecule has 20 heavy (non-hydrogen) atoms. The maximum atomic E-state index is 12.8. The first-order valence-corrected chi connectivity index (χ1v) is 7.37. The maximum Gasteiger partial charge on any atom is 0.393 e. The Balaban J connectivity index is 2.17. The summed E-state index contributed by atoms with van der Waals surface area (Å²) in [7, 11) is 0. The molecular formula is C14H17BrF3NO. The summed E-state index contributed by atoms with van der Waals surface area (Å²) in [5, 5.41) is 9.56. The lowest BCUT2D eigenvalue weighted by atomic mass is 9.97. The number of piperidine rings is 1. The summed E-state index contributed by atoms with van der Waals surface area (Å²) in [4.78, 5) is 1.76. The van der Waals surface area contributed by atoms with Gasteiger partial charge in [0.05, 0.1) is 12.0 Å². The van der Waals surface area contributed by atoms with Crippen LogP contribution in [0.1, 0.15) is 31.4 Å². The van der Waals surface area contributed by atoms with Crippen molar-refractivity contribution in [1.29, 1.82) is 0 Å². The summed E-state index contributed by atoms with van der Waals surface area (Å²) >= 11 is 3.36. The van der Waals surface area contributed by atoms with E-state index in [1.54, 1.807) is 30.0 Å². The minimum atomic E-state index is -4.13. The average Bonchev–Trinajstić information content (AvgIpc) is 2.37. The third kappa shape index (κ3) is 3.47. The molecule has 1 saturated heterocycles. The molecule has 0 aliphatic carbocycles. The zero-order valence-electron chi connectivity index (χ0n) is 11.1. The quantitative estimate of drug-likeness (QED) is 0.859. The Hall–Kier alpha value is -0.750. The van der Waals surface area contributed by atoms with Crippen molar-refractivity contribution in [2.24, 2.45) is 5.92 Å². The van der Waals surface area contributed by atoms with Gasteiger partial charge in [-0.25, -0.2) is 0 Å². The molecule has 0 bridgehead atoms. The predicted molar refractivity (Wildman–Crippen MR) is 75.8 cm³/mol. The number of hydrogen-bond donors (Lipinski definition) is 1. The highest BCUT2D eigenvalue weighted by Crippen LogP contribution is 2.36. The molecule has 112 valence electrons. The fourth-order valence-electron chi connectivity index (χ4n) is 2.53. The molecule has 1 heterocycles. The van der Waals surface area contributed by atoms with Gasteiger partial charge < -0.3 is 10.0 Å². The third-order valence-electron chi connectivity index (χ3n) is 3.68. The Kier molecular flexibility index (Phi) is 4.64. The van der Waals surface area contributed by atoms with Gasteiger partial charge >= 0.3 is 6.18 Å². The first-order valence-electron chi connectivity index (χ1n) is 6.58. The molecule has 0 saturated carbocycles. The van der Waals surface area contributed by atoms with Crippen LogP contribution in [0.25, 0.3) is 0 Å². The number of halogens is 4. The number of rotatable bonds is 2. The topological polar surface area (TPSA) is 23.5 Å². The van der Waals surface area contributed by atoms with Gasteiger partial charge in [0.15, 0.2) is 0 Å². The molecule has 1 N–H and O–H groups in total. The van der Waals surface area contributed by atoms with Gasteiger partial charge in [-0.1, -0.05) is 22.0 Å². The average molecular weight is 352 g/mol. The standard InChI is InChI=1S/C14H17BrF3NO/c1-9(20)12-5-4-11(7-13(12)15)19-6-2-3-10(8-19)14(16,17)18/h4-5,7,9-10,20H,2-3,6,8H2,1H3/t9-,10?/m1/s1. The van der Waals surface area contributed by atoms with Gasteiger partial charge in [0.2, 0.25) is 0 Å². The van der Waals surface area contributed by atoms with Crippen LogP contribution >= 0.6 is 15.9 Å². The van der Waals surface area contributed by atoms with Crippen molar-refractivity contribution >= 4 is 21.6 Å². The van der Waals surface area contributed by atoms with Crippen LogP contribution in [0.5, 0.6) is 0 Å². The number of alkyl halides is 3. The molecule has 0 radical (unpaired) electrons. The number of aliphatic hydroxyl groups excluding tert-OH is 1. The zero-order valence-corrected chi connectivity index (χ0v) is 12.7. The summed E-state index contributed by atoms with van der Waals surface area (Å²) in [5.74, 6) is -1.26. The van der Waals surface area contributed by atoms with Crippen LogP contribution < -0.4 is 4.90 Å². The Labute approximate surface area is 124 Å². The van der Waals surface area contributed by atoms with Crippen LogP contribution in [0.3, 0.4) is 0 Å². The number of benzene rings is 1. The molecule has 0 spiro atoms. The molecule has 2 rings (SSSR count). The summed E-state index contributed by atoms with van der Waals surface area (Å²) in [5.41, 5.74) is 1.49. The van der Waals surface area contributed by atoms with E-state index in [2.05, 4.69) is 15.9 Å². The second-order valence-electron chi connectivity index (χ2n) is 5.21. The minimum Gasteiger partial charge on any atom is -0.389 e. The van der Waals surface area contributed by atoms with E-state index >= 15 is 0 Å². The number of anilines is 1. The number of nitrogens with zero attached hydrogens (tertiary/aromatic N) is 1. The van der Waals surface area contributed by atoms with E-state index in [1.165, 1.54) is 0 Å². The molecular weight excluding hydrogens is 335 g/mol. The Bertz CT molecular complexity index is 476. The van der Waals surface area contributed by atoms with Crippen LogP contribution in [-0.4, -0.2) is 24.4 Å². The van der Waals surface area contributed by atoms with E-state index in [-0.39, 0.29) is 13.0 Å². The van der Waals surface area contributed by atoms with Gasteiger partial charge in [-0.15, -0.1) is 0 Å². The van der Waals surface area contributed by atoms with Crippen molar-refractivity contribution in [3.05, 3.63) is 28.2 Å². The molecule has 1 aromatic rings. The van der Waals surface area contributed by atoms with E-state index in [0.717, 1.165) is 15.7 Å². The highest BCUT2D eigenvalue weighted by atomic mass is 79.9. The van der Waals surface area contributed by atoms with Crippen LogP contribution in [0.4, 0.5) is 18.9 Å². The van der Waals surface area contributed by atoms with E-state index in [4.69, 9.17) is 0 Å². The Morgan fingerprint density at radius 1 is 1.40 bits per heavy atom. The molecule has 1 aliphatic rings. The molecule has 2 atom stereocenters. The fraction of sp³-hybridized carbons (Fsp3) is 0.571. The monoisotopic (exact) mass is 351 g/mol. The highest BCUT2D eigenvalue weighted by Gasteiger charge is 2.41. The minimum absolute atomic E-state index is 0.00393. The van der Waals surface area contributed by atoms with Crippen molar-refractivity contribution in [3.63, 3.8) is 0 Å². The van der Waals surface area contributed by atoms with Gasteiger partial charge in [-0.2, -0.15) is 13.2 Å². The lowest BCUT2D eigenvalue weighted by Gasteiger charge is -2.35. The van der Waals surface area contributed by atoms with Crippen LogP contribution in [0.15, 0.2) is 22.7 Å². The van der Waals surface area contributed by atoms with Crippen molar-refractivity contribution in [2.75, 3.05) is 18.0 Å². The van der Waals surface area contributed by atoms with Crippen molar-refractivity contribution in [2.45, 2.75) is 32.0 Å². The van der Waals surface area contributed by atoms with E-state index in [0.29, 0.717) is 13.0 Å². The second kappa shape index (κ2) is 5.93. The van der Waals surface area contributed by atoms with Crippen LogP contribution in [0.2, 0.25) is 0 Å². The van der Waals surface area contributed by atoms with E-state index < -0.39 is 18.2 Å². The van der Waals surface area contributed by atoms with Crippen LogP contribution in [0, 0.1) is 5.92 Å². The summed E-state index contributed by atoms with van der Waals surface area (Å²) in [6, 6.07) is 5.30. The number of hydrogen-bond acceptors (Lipinski definition) is 2. The summed E-state index contributed by atoms with van der Waals surface area (Å²) in [6.07, 6.45) is -4.00. The van der Waals surface area contributed by atoms with Crippen molar-refractivity contribution < 1.29 is 18.3 Å². The largest absolute Gasteiger partial charge is 0.393 e. The lowest BCUT2D eigenvalue weighted by Crippen LogP contribution is -2.41. The molecule has 6 heteroatoms. The molecule has 1 unspecified atom stereocenters. The Morgan fingerprint density at radius 3 is 2.65 bits per heavy atom. The van der Waals surface area contributed by atoms with Gasteiger partial charge in [0.25, 0.3) is 0 Å². The molecule has 1 aromatic carbocycles. The van der Waals surface area contributed by atoms with Gasteiger partial charge in [-0.3, -0.25) is 0 Å². The van der Waals surface area contributed by atoms with Gasteiger partial charge in [0.1, 0.15) is 0 Å².